The lowest BCUT2D eigenvalue weighted by atomic mass is 9.81. The molecular formula is C34H34N6O4. The highest BCUT2D eigenvalue weighted by Gasteiger charge is 2.53. The molecule has 0 saturated carbocycles. The Morgan fingerprint density at radius 2 is 1.82 bits per heavy atom. The number of aryl methyl sites for hydroxylation is 1. The number of ether oxygens (including phenoxy) is 2. The topological polar surface area (TPSA) is 141 Å². The van der Waals surface area contributed by atoms with Crippen molar-refractivity contribution >= 4 is 17.5 Å². The molecule has 10 heteroatoms. The highest BCUT2D eigenvalue weighted by molar-refractivity contribution is 6.01. The number of hydrazine groups is 1. The van der Waals surface area contributed by atoms with Gasteiger partial charge in [0.1, 0.15) is 5.75 Å². The molecule has 10 nitrogen and oxygen atoms in total. The van der Waals surface area contributed by atoms with Crippen molar-refractivity contribution < 1.29 is 19.4 Å². The molecule has 5 rings (SSSR count). The Kier molecular flexibility index (Phi) is 9.89. The average molecular weight is 591 g/mol. The summed E-state index contributed by atoms with van der Waals surface area (Å²) in [7, 11) is 0. The summed E-state index contributed by atoms with van der Waals surface area (Å²) in [5.41, 5.74) is 18.4. The van der Waals surface area contributed by atoms with Gasteiger partial charge < -0.3 is 14.6 Å². The molecule has 2 atom stereocenters. The van der Waals surface area contributed by atoms with Gasteiger partial charge >= 0.3 is 0 Å². The van der Waals surface area contributed by atoms with Gasteiger partial charge in [0.25, 0.3) is 5.91 Å². The smallest absolute Gasteiger partial charge is 0.266 e. The van der Waals surface area contributed by atoms with Crippen LogP contribution in [0.1, 0.15) is 40.3 Å². The van der Waals surface area contributed by atoms with E-state index in [9.17, 15) is 10.3 Å². The number of rotatable bonds is 13. The van der Waals surface area contributed by atoms with Crippen LogP contribution in [0.5, 0.6) is 5.75 Å². The number of azide groups is 1. The van der Waals surface area contributed by atoms with Crippen LogP contribution in [0.4, 0.5) is 5.69 Å². The fraction of sp³-hybridized carbons (Fsp3) is 0.235. The number of benzene rings is 4. The Hall–Kier alpha value is -5.15. The second-order valence-electron chi connectivity index (χ2n) is 10.5. The molecule has 3 N–H and O–H groups in total. The second kappa shape index (κ2) is 14.3. The summed E-state index contributed by atoms with van der Waals surface area (Å²) in [6.07, 6.45) is -0.159. The maximum atomic E-state index is 14.4. The Morgan fingerprint density at radius 3 is 2.57 bits per heavy atom. The molecule has 4 aromatic carbocycles. The molecule has 4 aromatic rings. The van der Waals surface area contributed by atoms with E-state index >= 15 is 0 Å². The Balaban J connectivity index is 1.54. The van der Waals surface area contributed by atoms with Gasteiger partial charge in [-0.05, 0) is 53.4 Å². The summed E-state index contributed by atoms with van der Waals surface area (Å²) < 4.78 is 12.2. The Bertz CT molecular complexity index is 1650. The standard InChI is InChI=1S/C34H34N6O4/c1-24-9-7-10-25(21-24)23-36-39-33(42)34(22-28-13-5-6-14-30(28)38-40-35)31(26-11-3-2-4-12-26)44-32(37-34)27-15-17-29(18-16-27)43-20-8-19-41/h2-7,9-18,21,31,36,41H,8,19-20,22-23H2,1H3,(H,39,42)/t31-,34-/m0/s1. The first kappa shape index (κ1) is 30.3. The van der Waals surface area contributed by atoms with Gasteiger partial charge in [-0.25, -0.2) is 10.4 Å². The summed E-state index contributed by atoms with van der Waals surface area (Å²) in [6, 6.07) is 31.9. The fourth-order valence-electron chi connectivity index (χ4n) is 5.16. The molecular weight excluding hydrogens is 556 g/mol. The van der Waals surface area contributed by atoms with Crippen molar-refractivity contribution in [2.75, 3.05) is 13.2 Å². The third-order valence-electron chi connectivity index (χ3n) is 7.31. The summed E-state index contributed by atoms with van der Waals surface area (Å²) in [6.45, 7) is 2.87. The first-order valence-corrected chi connectivity index (χ1v) is 14.4. The SMILES string of the molecule is Cc1cccc(CNNC(=O)[C@@]2(Cc3ccccc3N=[N+]=[N-])N=C(c3ccc(OCCCO)cc3)O[C@H]2c2ccccc2)c1. The van der Waals surface area contributed by atoms with Crippen LogP contribution in [0.2, 0.25) is 0 Å². The van der Waals surface area contributed by atoms with Crippen molar-refractivity contribution in [3.05, 3.63) is 141 Å². The van der Waals surface area contributed by atoms with Crippen molar-refractivity contribution in [1.82, 2.24) is 10.9 Å². The van der Waals surface area contributed by atoms with Gasteiger partial charge in [-0.2, -0.15) is 0 Å². The second-order valence-corrected chi connectivity index (χ2v) is 10.5. The van der Waals surface area contributed by atoms with Crippen LogP contribution in [0, 0.1) is 6.92 Å². The minimum atomic E-state index is -1.46. The van der Waals surface area contributed by atoms with Crippen LogP contribution in [-0.4, -0.2) is 35.7 Å². The maximum absolute atomic E-state index is 14.4. The van der Waals surface area contributed by atoms with E-state index in [4.69, 9.17) is 19.6 Å². The van der Waals surface area contributed by atoms with Gasteiger partial charge in [-0.1, -0.05) is 89.5 Å². The van der Waals surface area contributed by atoms with E-state index in [0.717, 1.165) is 16.7 Å². The highest BCUT2D eigenvalue weighted by Crippen LogP contribution is 2.43. The van der Waals surface area contributed by atoms with Crippen LogP contribution < -0.4 is 15.6 Å². The molecule has 0 spiro atoms. The van der Waals surface area contributed by atoms with E-state index in [-0.39, 0.29) is 13.0 Å². The first-order valence-electron chi connectivity index (χ1n) is 14.4. The van der Waals surface area contributed by atoms with Crippen LogP contribution in [0.25, 0.3) is 10.4 Å². The first-order chi connectivity index (χ1) is 21.5. The predicted octanol–water partition coefficient (Wildman–Crippen LogP) is 6.02. The summed E-state index contributed by atoms with van der Waals surface area (Å²) >= 11 is 0. The van der Waals surface area contributed by atoms with Crippen molar-refractivity contribution in [3.63, 3.8) is 0 Å². The lowest BCUT2D eigenvalue weighted by Gasteiger charge is -2.31. The van der Waals surface area contributed by atoms with E-state index in [1.54, 1.807) is 24.3 Å². The van der Waals surface area contributed by atoms with E-state index in [1.807, 2.05) is 85.8 Å². The molecule has 1 heterocycles. The maximum Gasteiger partial charge on any atom is 0.266 e. The molecule has 1 aliphatic heterocycles. The van der Waals surface area contributed by atoms with Crippen LogP contribution >= 0.6 is 0 Å². The number of aliphatic hydroxyl groups excluding tert-OH is 1. The number of hydrogen-bond donors (Lipinski definition) is 3. The number of amides is 1. The highest BCUT2D eigenvalue weighted by atomic mass is 16.5. The number of aliphatic hydroxyl groups is 1. The molecule has 0 fully saturated rings. The molecule has 1 aliphatic rings. The largest absolute Gasteiger partial charge is 0.494 e. The van der Waals surface area contributed by atoms with Gasteiger partial charge in [-0.3, -0.25) is 10.2 Å². The van der Waals surface area contributed by atoms with Gasteiger partial charge in [0.05, 0.1) is 6.61 Å². The van der Waals surface area contributed by atoms with E-state index < -0.39 is 17.6 Å². The fourth-order valence-corrected chi connectivity index (χ4v) is 5.16. The summed E-state index contributed by atoms with van der Waals surface area (Å²) in [5.74, 6) is 0.553. The molecule has 1 amide bonds. The van der Waals surface area contributed by atoms with Gasteiger partial charge in [-0.15, -0.1) is 0 Å². The number of aliphatic imine (C=N–C) groups is 1. The van der Waals surface area contributed by atoms with Crippen molar-refractivity contribution in [2.24, 2.45) is 10.1 Å². The van der Waals surface area contributed by atoms with Gasteiger partial charge in [0.2, 0.25) is 5.90 Å². The minimum Gasteiger partial charge on any atom is -0.494 e. The van der Waals surface area contributed by atoms with Gasteiger partial charge in [0, 0.05) is 42.2 Å². The van der Waals surface area contributed by atoms with E-state index in [1.165, 1.54) is 0 Å². The third-order valence-corrected chi connectivity index (χ3v) is 7.31. The zero-order chi connectivity index (χ0) is 30.8. The van der Waals surface area contributed by atoms with E-state index in [2.05, 4.69) is 20.9 Å². The Labute approximate surface area is 256 Å². The molecule has 0 radical (unpaired) electrons. The normalized spacial score (nSPS) is 17.2. The lowest BCUT2D eigenvalue weighted by molar-refractivity contribution is -0.130. The van der Waals surface area contributed by atoms with Crippen LogP contribution in [0.15, 0.2) is 113 Å². The number of hydrogen-bond acceptors (Lipinski definition) is 7. The van der Waals surface area contributed by atoms with Crippen LogP contribution in [-0.2, 0) is 22.5 Å². The van der Waals surface area contributed by atoms with Crippen LogP contribution in [0.3, 0.4) is 0 Å². The van der Waals surface area contributed by atoms with Crippen molar-refractivity contribution in [2.45, 2.75) is 38.0 Å². The number of carbonyl (C=O) groups is 1. The predicted molar refractivity (Wildman–Crippen MR) is 168 cm³/mol. The lowest BCUT2D eigenvalue weighted by Crippen LogP contribution is -2.53. The summed E-state index contributed by atoms with van der Waals surface area (Å²) in [5, 5.41) is 12.9. The number of carbonyl (C=O) groups excluding carboxylic acids is 1. The molecule has 0 bridgehead atoms. The quantitative estimate of drug-likeness (QED) is 0.0574. The molecule has 0 saturated heterocycles. The van der Waals surface area contributed by atoms with Crippen molar-refractivity contribution in [1.29, 1.82) is 0 Å². The van der Waals surface area contributed by atoms with E-state index in [0.29, 0.717) is 48.0 Å². The monoisotopic (exact) mass is 590 g/mol. The Morgan fingerprint density at radius 1 is 1.05 bits per heavy atom. The molecule has 0 aromatic heterocycles. The zero-order valence-corrected chi connectivity index (χ0v) is 24.4. The minimum absolute atomic E-state index is 0.0520. The molecule has 44 heavy (non-hydrogen) atoms. The molecule has 0 aliphatic carbocycles. The average Bonchev–Trinajstić information content (AvgIpc) is 3.43. The van der Waals surface area contributed by atoms with Gasteiger partial charge in [0.15, 0.2) is 11.6 Å². The third kappa shape index (κ3) is 7.07. The number of nitrogens with one attached hydrogen (secondary N) is 2. The number of nitrogens with zero attached hydrogens (tertiary/aromatic N) is 4. The summed E-state index contributed by atoms with van der Waals surface area (Å²) in [4.78, 5) is 22.4. The molecule has 0 unspecified atom stereocenters. The molecule has 224 valence electrons. The van der Waals surface area contributed by atoms with Crippen molar-refractivity contribution in [3.8, 4) is 5.75 Å². The zero-order valence-electron chi connectivity index (χ0n) is 24.4.